The van der Waals surface area contributed by atoms with Gasteiger partial charge in [-0.2, -0.15) is 0 Å². The second-order valence-corrected chi connectivity index (χ2v) is 17.3. The maximum Gasteiger partial charge on any atom is 0.407 e. The molecule has 9 rings (SSSR count). The molecule has 0 radical (unpaired) electrons. The zero-order valence-corrected chi connectivity index (χ0v) is 36.8. The molecule has 0 aliphatic carbocycles. The molecule has 5 atom stereocenters. The van der Waals surface area contributed by atoms with Crippen LogP contribution in [-0.4, -0.2) is 100 Å². The number of nitrogens with zero attached hydrogens (tertiary/aromatic N) is 4. The molecule has 2 aromatic heterocycles. The zero-order chi connectivity index (χ0) is 45.0. The molecule has 0 spiro atoms. The molecular weight excluding hydrogens is 825 g/mol. The Labute approximate surface area is 377 Å². The number of hydrogen-bond acceptors (Lipinski definition) is 9. The Kier molecular flexibility index (Phi) is 12.6. The lowest BCUT2D eigenvalue weighted by atomic mass is 9.90. The van der Waals surface area contributed by atoms with E-state index < -0.39 is 24.3 Å². The summed E-state index contributed by atoms with van der Waals surface area (Å²) in [5.74, 6) is 1.31. The van der Waals surface area contributed by atoms with Crippen LogP contribution in [0.2, 0.25) is 0 Å². The molecule has 65 heavy (non-hydrogen) atoms. The largest absolute Gasteiger partial charge is 0.453 e. The fourth-order valence-corrected chi connectivity index (χ4v) is 9.67. The normalized spacial score (nSPS) is 19.8. The predicted molar refractivity (Wildman–Crippen MR) is 244 cm³/mol. The minimum absolute atomic E-state index is 0.0313. The molecular formula is C50H54N8O7. The van der Waals surface area contributed by atoms with E-state index in [0.29, 0.717) is 50.5 Å². The first-order valence-corrected chi connectivity index (χ1v) is 22.3. The molecule has 336 valence electrons. The standard InChI is InChI=1S/C50H54N8O7/c1-30-24-42(58(29-30)48(60)43(55-49(61)63-2)33-8-5-4-6-9-33)46-52-27-39(53-46)32-13-11-31(12-14-32)35-15-16-37-26-38(18-17-36(37)25-35)40-28-51-45(54-40)41-10-7-21-57(41)47(59)44(56-50(62)64-3)34-19-22-65-23-20-34/h4-6,8-9,11-18,25-28,30,34,41-44H,7,10,19-24,29H2,1-3H3,(H,51,54)(H,52,53)(H,55,61)(H,56,62)/t30-,41+,42+,43-,44+/m1/s1. The first kappa shape index (κ1) is 43.3. The molecule has 15 nitrogen and oxygen atoms in total. The lowest BCUT2D eigenvalue weighted by Crippen LogP contribution is -2.53. The number of aromatic nitrogens is 4. The van der Waals surface area contributed by atoms with Crippen LogP contribution in [0, 0.1) is 11.8 Å². The Morgan fingerprint density at radius 1 is 0.692 bits per heavy atom. The zero-order valence-electron chi connectivity index (χ0n) is 36.8. The summed E-state index contributed by atoms with van der Waals surface area (Å²) in [6.07, 6.45) is 6.09. The number of alkyl carbamates (subject to hydrolysis) is 2. The summed E-state index contributed by atoms with van der Waals surface area (Å²) < 4.78 is 15.3. The molecule has 4 amide bonds. The number of fused-ring (bicyclic) bond motifs is 1. The second-order valence-electron chi connectivity index (χ2n) is 17.3. The number of nitrogens with one attached hydrogen (secondary N) is 4. The monoisotopic (exact) mass is 878 g/mol. The van der Waals surface area contributed by atoms with Crippen molar-refractivity contribution < 1.29 is 33.4 Å². The van der Waals surface area contributed by atoms with Crippen LogP contribution in [0.25, 0.3) is 44.4 Å². The van der Waals surface area contributed by atoms with Gasteiger partial charge in [0.05, 0.1) is 50.1 Å². The quantitative estimate of drug-likeness (QED) is 0.0999. The maximum atomic E-state index is 14.1. The van der Waals surface area contributed by atoms with Crippen molar-refractivity contribution in [1.82, 2.24) is 40.4 Å². The van der Waals surface area contributed by atoms with Gasteiger partial charge in [-0.1, -0.05) is 85.8 Å². The highest BCUT2D eigenvalue weighted by Crippen LogP contribution is 2.38. The summed E-state index contributed by atoms with van der Waals surface area (Å²) in [6, 6.07) is 28.2. The number of rotatable bonds is 11. The Balaban J connectivity index is 0.875. The van der Waals surface area contributed by atoms with Crippen LogP contribution >= 0.6 is 0 Å². The van der Waals surface area contributed by atoms with E-state index in [1.165, 1.54) is 14.2 Å². The van der Waals surface area contributed by atoms with Crippen molar-refractivity contribution in [3.8, 4) is 33.6 Å². The van der Waals surface area contributed by atoms with Gasteiger partial charge in [0.2, 0.25) is 5.91 Å². The number of hydrogen-bond donors (Lipinski definition) is 4. The van der Waals surface area contributed by atoms with Crippen LogP contribution in [0.3, 0.4) is 0 Å². The van der Waals surface area contributed by atoms with Gasteiger partial charge in [-0.05, 0) is 89.1 Å². The maximum absolute atomic E-state index is 14.1. The average Bonchev–Trinajstić information content (AvgIpc) is 4.20. The van der Waals surface area contributed by atoms with Gasteiger partial charge >= 0.3 is 12.2 Å². The topological polar surface area (TPSA) is 184 Å². The predicted octanol–water partition coefficient (Wildman–Crippen LogP) is 8.11. The molecule has 0 unspecified atom stereocenters. The number of carbonyl (C=O) groups excluding carboxylic acids is 4. The van der Waals surface area contributed by atoms with Crippen molar-refractivity contribution in [3.63, 3.8) is 0 Å². The second kappa shape index (κ2) is 19.0. The van der Waals surface area contributed by atoms with E-state index >= 15 is 0 Å². The van der Waals surface area contributed by atoms with E-state index in [1.807, 2.05) is 52.5 Å². The first-order chi connectivity index (χ1) is 31.7. The van der Waals surface area contributed by atoms with Crippen molar-refractivity contribution in [2.75, 3.05) is 40.5 Å². The summed E-state index contributed by atoms with van der Waals surface area (Å²) in [7, 11) is 2.59. The summed E-state index contributed by atoms with van der Waals surface area (Å²) in [5, 5.41) is 7.73. The molecule has 3 saturated heterocycles. The number of likely N-dealkylation sites (tertiary alicyclic amines) is 2. The third-order valence-corrected chi connectivity index (χ3v) is 13.1. The number of aromatic amines is 2. The smallest absolute Gasteiger partial charge is 0.407 e. The third-order valence-electron chi connectivity index (χ3n) is 13.1. The molecule has 3 aliphatic heterocycles. The number of benzene rings is 4. The average molecular weight is 879 g/mol. The molecule has 5 heterocycles. The number of methoxy groups -OCH3 is 2. The number of imidazole rings is 2. The Morgan fingerprint density at radius 3 is 1.98 bits per heavy atom. The van der Waals surface area contributed by atoms with Gasteiger partial charge in [0, 0.05) is 31.9 Å². The molecule has 4 N–H and O–H groups in total. The highest BCUT2D eigenvalue weighted by atomic mass is 16.5. The van der Waals surface area contributed by atoms with Gasteiger partial charge < -0.3 is 44.6 Å². The molecule has 15 heteroatoms. The van der Waals surface area contributed by atoms with E-state index in [2.05, 4.69) is 88.2 Å². The van der Waals surface area contributed by atoms with Gasteiger partial charge in [-0.25, -0.2) is 19.6 Å². The highest BCUT2D eigenvalue weighted by Gasteiger charge is 2.41. The van der Waals surface area contributed by atoms with E-state index in [1.54, 1.807) is 0 Å². The summed E-state index contributed by atoms with van der Waals surface area (Å²) in [4.78, 5) is 72.9. The molecule has 0 saturated carbocycles. The van der Waals surface area contributed by atoms with Crippen LogP contribution in [0.15, 0.2) is 103 Å². The van der Waals surface area contributed by atoms with E-state index in [-0.39, 0.29) is 35.7 Å². The van der Waals surface area contributed by atoms with Crippen LogP contribution < -0.4 is 10.6 Å². The Hall–Kier alpha value is -7.00. The van der Waals surface area contributed by atoms with E-state index in [0.717, 1.165) is 69.5 Å². The van der Waals surface area contributed by atoms with Crippen molar-refractivity contribution >= 4 is 34.8 Å². The SMILES string of the molecule is COC(=O)N[C@H](C(=O)N1CCC[C@H]1c1ncc(-c2ccc3cc(-c4ccc(-c5cnc([C@@H]6C[C@@H](C)CN6C(=O)[C@H](NC(=O)OC)c6ccccc6)[nH]5)cc4)ccc3c2)[nH]1)C1CCOCC1. The molecule has 6 aromatic rings. The van der Waals surface area contributed by atoms with Crippen molar-refractivity contribution in [2.45, 2.75) is 63.2 Å². The third kappa shape index (κ3) is 9.19. The highest BCUT2D eigenvalue weighted by molar-refractivity contribution is 5.91. The Morgan fingerprint density at radius 2 is 1.29 bits per heavy atom. The van der Waals surface area contributed by atoms with Gasteiger partial charge in [0.1, 0.15) is 23.7 Å². The summed E-state index contributed by atoms with van der Waals surface area (Å²) >= 11 is 0. The first-order valence-electron chi connectivity index (χ1n) is 22.3. The minimum Gasteiger partial charge on any atom is -0.453 e. The number of carbonyl (C=O) groups is 4. The lowest BCUT2D eigenvalue weighted by molar-refractivity contribution is -0.137. The van der Waals surface area contributed by atoms with Gasteiger partial charge in [-0.15, -0.1) is 0 Å². The van der Waals surface area contributed by atoms with Crippen molar-refractivity contribution in [1.29, 1.82) is 0 Å². The molecule has 3 aliphatic rings. The molecule has 0 bridgehead atoms. The molecule has 4 aromatic carbocycles. The fraction of sp³-hybridized carbons (Fsp3) is 0.360. The summed E-state index contributed by atoms with van der Waals surface area (Å²) in [6.45, 7) is 4.36. The van der Waals surface area contributed by atoms with Crippen LogP contribution in [-0.2, 0) is 23.8 Å². The lowest BCUT2D eigenvalue weighted by Gasteiger charge is -2.34. The number of ether oxygens (including phenoxy) is 3. The number of H-pyrrole nitrogens is 2. The van der Waals surface area contributed by atoms with Crippen LogP contribution in [0.5, 0.6) is 0 Å². The van der Waals surface area contributed by atoms with Gasteiger partial charge in [0.15, 0.2) is 0 Å². The van der Waals surface area contributed by atoms with Gasteiger partial charge in [0.25, 0.3) is 5.91 Å². The molecule has 3 fully saturated rings. The fourth-order valence-electron chi connectivity index (χ4n) is 9.67. The van der Waals surface area contributed by atoms with Crippen LogP contribution in [0.1, 0.15) is 74.4 Å². The van der Waals surface area contributed by atoms with E-state index in [4.69, 9.17) is 24.2 Å². The minimum atomic E-state index is -0.894. The van der Waals surface area contributed by atoms with Crippen molar-refractivity contribution in [3.05, 3.63) is 121 Å². The Bertz CT molecular complexity index is 2660. The van der Waals surface area contributed by atoms with Crippen molar-refractivity contribution in [2.24, 2.45) is 11.8 Å². The summed E-state index contributed by atoms with van der Waals surface area (Å²) in [5.41, 5.74) is 6.51. The van der Waals surface area contributed by atoms with Gasteiger partial charge in [-0.3, -0.25) is 9.59 Å². The van der Waals surface area contributed by atoms with E-state index in [9.17, 15) is 19.2 Å². The van der Waals surface area contributed by atoms with Crippen LogP contribution in [0.4, 0.5) is 9.59 Å². The number of amides is 4.